The molecule has 1 aromatic heterocycles. The van der Waals surface area contributed by atoms with Gasteiger partial charge in [-0.25, -0.2) is 0 Å². The number of Topliss-reactive ketones (excluding diaryl/α,β-unsaturated/α-hetero) is 1. The molecule has 1 heterocycles. The third-order valence-electron chi connectivity index (χ3n) is 5.23. The molecule has 0 aliphatic carbocycles. The van der Waals surface area contributed by atoms with Gasteiger partial charge in [-0.3, -0.25) is 9.59 Å². The molecule has 4 heteroatoms. The molecule has 0 aliphatic rings. The van der Waals surface area contributed by atoms with Crippen molar-refractivity contribution in [2.75, 3.05) is 6.61 Å². The van der Waals surface area contributed by atoms with Crippen LogP contribution in [0.5, 0.6) is 5.75 Å². The zero-order valence-electron chi connectivity index (χ0n) is 16.6. The highest BCUT2D eigenvalue weighted by Crippen LogP contribution is 2.31. The molecule has 0 saturated heterocycles. The predicted octanol–water partition coefficient (Wildman–Crippen LogP) is 5.87. The van der Waals surface area contributed by atoms with Crippen LogP contribution in [0.4, 0.5) is 0 Å². The zero-order valence-corrected chi connectivity index (χ0v) is 16.6. The van der Waals surface area contributed by atoms with Gasteiger partial charge in [0, 0.05) is 11.1 Å². The van der Waals surface area contributed by atoms with Gasteiger partial charge in [0.05, 0.1) is 5.39 Å². The van der Waals surface area contributed by atoms with Gasteiger partial charge in [0.1, 0.15) is 5.58 Å². The lowest BCUT2D eigenvalue weighted by atomic mass is 10.0. The molecule has 0 N–H and O–H groups in total. The second-order valence-electron chi connectivity index (χ2n) is 7.19. The van der Waals surface area contributed by atoms with Crippen LogP contribution in [0.1, 0.15) is 10.4 Å². The second kappa shape index (κ2) is 7.92. The molecule has 0 fully saturated rings. The largest absolute Gasteiger partial charge is 0.478 e. The van der Waals surface area contributed by atoms with Crippen LogP contribution >= 0.6 is 0 Å². The Balaban J connectivity index is 1.56. The molecule has 150 valence electrons. The summed E-state index contributed by atoms with van der Waals surface area (Å²) in [6.45, 7) is -0.267. The van der Waals surface area contributed by atoms with E-state index in [1.807, 2.05) is 72.8 Å². The second-order valence-corrected chi connectivity index (χ2v) is 7.19. The monoisotopic (exact) mass is 406 g/mol. The van der Waals surface area contributed by atoms with E-state index in [4.69, 9.17) is 9.15 Å². The lowest BCUT2D eigenvalue weighted by Crippen LogP contribution is -2.17. The van der Waals surface area contributed by atoms with Crippen LogP contribution in [-0.2, 0) is 0 Å². The van der Waals surface area contributed by atoms with Crippen molar-refractivity contribution >= 4 is 27.5 Å². The third-order valence-corrected chi connectivity index (χ3v) is 5.23. The van der Waals surface area contributed by atoms with E-state index in [-0.39, 0.29) is 23.6 Å². The molecular formula is C27H18O4. The van der Waals surface area contributed by atoms with Crippen molar-refractivity contribution in [1.29, 1.82) is 0 Å². The van der Waals surface area contributed by atoms with Crippen molar-refractivity contribution in [3.8, 4) is 17.1 Å². The molecule has 0 unspecified atom stereocenters. The Labute approximate surface area is 178 Å². The van der Waals surface area contributed by atoms with Gasteiger partial charge in [-0.2, -0.15) is 0 Å². The van der Waals surface area contributed by atoms with E-state index in [9.17, 15) is 9.59 Å². The van der Waals surface area contributed by atoms with Crippen molar-refractivity contribution in [1.82, 2.24) is 0 Å². The first-order valence-corrected chi connectivity index (χ1v) is 9.97. The highest BCUT2D eigenvalue weighted by molar-refractivity contribution is 6.08. The first-order valence-electron chi connectivity index (χ1n) is 9.97. The van der Waals surface area contributed by atoms with Gasteiger partial charge in [0.25, 0.3) is 0 Å². The fourth-order valence-corrected chi connectivity index (χ4v) is 3.72. The molecule has 0 spiro atoms. The maximum atomic E-state index is 13.2. The molecule has 0 radical (unpaired) electrons. The van der Waals surface area contributed by atoms with Gasteiger partial charge >= 0.3 is 0 Å². The number of hydrogen-bond donors (Lipinski definition) is 0. The van der Waals surface area contributed by atoms with Crippen molar-refractivity contribution in [2.24, 2.45) is 0 Å². The Hall–Kier alpha value is -4.18. The number of para-hydroxylation sites is 1. The van der Waals surface area contributed by atoms with E-state index < -0.39 is 0 Å². The van der Waals surface area contributed by atoms with E-state index in [0.717, 1.165) is 10.8 Å². The summed E-state index contributed by atoms with van der Waals surface area (Å²) in [5.74, 6) is 0.150. The Morgan fingerprint density at radius 2 is 1.42 bits per heavy atom. The van der Waals surface area contributed by atoms with Crippen molar-refractivity contribution in [3.63, 3.8) is 0 Å². The molecule has 4 nitrogen and oxygen atoms in total. The number of carbonyl (C=O) groups excluding carboxylic acids is 1. The summed E-state index contributed by atoms with van der Waals surface area (Å²) in [7, 11) is 0. The number of rotatable bonds is 5. The minimum absolute atomic E-state index is 0.0403. The van der Waals surface area contributed by atoms with Crippen LogP contribution in [0.3, 0.4) is 0 Å². The summed E-state index contributed by atoms with van der Waals surface area (Å²) in [6, 6.07) is 29.5. The maximum absolute atomic E-state index is 13.2. The topological polar surface area (TPSA) is 56.5 Å². The molecule has 0 saturated carbocycles. The molecule has 4 aromatic carbocycles. The Bertz CT molecular complexity index is 1460. The number of fused-ring (bicyclic) bond motifs is 2. The number of benzene rings is 4. The third kappa shape index (κ3) is 3.49. The zero-order chi connectivity index (χ0) is 21.2. The first kappa shape index (κ1) is 18.8. The fraction of sp³-hybridized carbons (Fsp3) is 0.0370. The van der Waals surface area contributed by atoms with Crippen LogP contribution in [-0.4, -0.2) is 12.4 Å². The average molecular weight is 406 g/mol. The molecule has 5 aromatic rings. The summed E-state index contributed by atoms with van der Waals surface area (Å²) in [6.07, 6.45) is 0. The fourth-order valence-electron chi connectivity index (χ4n) is 3.72. The van der Waals surface area contributed by atoms with Gasteiger partial charge in [-0.15, -0.1) is 0 Å². The summed E-state index contributed by atoms with van der Waals surface area (Å²) in [5.41, 5.74) is 1.44. The molecule has 5 rings (SSSR count). The van der Waals surface area contributed by atoms with E-state index in [1.54, 1.807) is 24.3 Å². The number of hydrogen-bond acceptors (Lipinski definition) is 4. The normalized spacial score (nSPS) is 11.0. The standard InChI is InChI=1S/C27H18O4/c28-23(21-15-8-12-18-9-4-5-13-20(18)21)17-30-27-25(29)22-14-6-7-16-24(22)31-26(27)19-10-2-1-3-11-19/h1-16H,17H2. The van der Waals surface area contributed by atoms with E-state index in [1.165, 1.54) is 0 Å². The van der Waals surface area contributed by atoms with Gasteiger partial charge in [0.15, 0.2) is 12.4 Å². The van der Waals surface area contributed by atoms with E-state index >= 15 is 0 Å². The predicted molar refractivity (Wildman–Crippen MR) is 122 cm³/mol. The van der Waals surface area contributed by atoms with Gasteiger partial charge < -0.3 is 9.15 Å². The number of carbonyl (C=O) groups is 1. The molecule has 31 heavy (non-hydrogen) atoms. The minimum Gasteiger partial charge on any atom is -0.478 e. The van der Waals surface area contributed by atoms with Crippen LogP contribution in [0, 0.1) is 0 Å². The highest BCUT2D eigenvalue weighted by Gasteiger charge is 2.19. The Morgan fingerprint density at radius 1 is 0.742 bits per heavy atom. The number of ether oxygens (including phenoxy) is 1. The summed E-state index contributed by atoms with van der Waals surface area (Å²) in [4.78, 5) is 26.2. The molecule has 0 bridgehead atoms. The maximum Gasteiger partial charge on any atom is 0.235 e. The summed E-state index contributed by atoms with van der Waals surface area (Å²) < 4.78 is 11.9. The Morgan fingerprint density at radius 3 is 2.26 bits per heavy atom. The van der Waals surface area contributed by atoms with Gasteiger partial charge in [0.2, 0.25) is 17.0 Å². The highest BCUT2D eigenvalue weighted by atomic mass is 16.5. The van der Waals surface area contributed by atoms with Crippen LogP contribution in [0.15, 0.2) is 106 Å². The lowest BCUT2D eigenvalue weighted by molar-refractivity contribution is 0.0922. The summed E-state index contributed by atoms with van der Waals surface area (Å²) in [5, 5.41) is 2.24. The van der Waals surface area contributed by atoms with E-state index in [0.29, 0.717) is 27.9 Å². The smallest absolute Gasteiger partial charge is 0.235 e. The lowest BCUT2D eigenvalue weighted by Gasteiger charge is -2.12. The van der Waals surface area contributed by atoms with Crippen molar-refractivity contribution < 1.29 is 13.9 Å². The minimum atomic E-state index is -0.300. The Kier molecular flexibility index (Phi) is 4.81. The van der Waals surface area contributed by atoms with Crippen LogP contribution in [0.2, 0.25) is 0 Å². The summed E-state index contributed by atoms with van der Waals surface area (Å²) >= 11 is 0. The van der Waals surface area contributed by atoms with Crippen molar-refractivity contribution in [2.45, 2.75) is 0 Å². The first-order chi connectivity index (χ1) is 15.2. The average Bonchev–Trinajstić information content (AvgIpc) is 2.83. The van der Waals surface area contributed by atoms with Gasteiger partial charge in [-0.1, -0.05) is 84.9 Å². The molecule has 0 amide bonds. The SMILES string of the molecule is O=C(COc1c(-c2ccccc2)oc2ccccc2c1=O)c1cccc2ccccc12. The van der Waals surface area contributed by atoms with Crippen LogP contribution < -0.4 is 10.2 Å². The molecule has 0 atom stereocenters. The van der Waals surface area contributed by atoms with Crippen LogP contribution in [0.25, 0.3) is 33.1 Å². The molecular weight excluding hydrogens is 388 g/mol. The molecule has 0 aliphatic heterocycles. The van der Waals surface area contributed by atoms with E-state index in [2.05, 4.69) is 0 Å². The van der Waals surface area contributed by atoms with Gasteiger partial charge in [-0.05, 0) is 22.9 Å². The quantitative estimate of drug-likeness (QED) is 0.342. The number of ketones is 1. The van der Waals surface area contributed by atoms with Crippen molar-refractivity contribution in [3.05, 3.63) is 113 Å².